The fourth-order valence-corrected chi connectivity index (χ4v) is 3.11. The van der Waals surface area contributed by atoms with Gasteiger partial charge >= 0.3 is 0 Å². The van der Waals surface area contributed by atoms with Gasteiger partial charge in [0.2, 0.25) is 0 Å². The van der Waals surface area contributed by atoms with Crippen molar-refractivity contribution in [2.45, 2.75) is 31.1 Å². The van der Waals surface area contributed by atoms with Crippen LogP contribution in [0.4, 0.5) is 0 Å². The van der Waals surface area contributed by atoms with Crippen molar-refractivity contribution in [3.8, 4) is 0 Å². The lowest BCUT2D eigenvalue weighted by molar-refractivity contribution is 0.0779. The van der Waals surface area contributed by atoms with Gasteiger partial charge in [0.05, 0.1) is 5.41 Å². The summed E-state index contributed by atoms with van der Waals surface area (Å²) in [4.78, 5) is 12.8. The molecule has 0 atom stereocenters. The van der Waals surface area contributed by atoms with Crippen molar-refractivity contribution in [1.29, 1.82) is 0 Å². The third-order valence-electron chi connectivity index (χ3n) is 3.98. The van der Waals surface area contributed by atoms with Gasteiger partial charge in [-0.1, -0.05) is 36.6 Å². The Morgan fingerprint density at radius 3 is 2.47 bits per heavy atom. The second-order valence-electron chi connectivity index (χ2n) is 5.05. The summed E-state index contributed by atoms with van der Waals surface area (Å²) in [6.45, 7) is 0. The number of hydrogen-bond acceptors (Lipinski definition) is 2. The van der Waals surface area contributed by atoms with Crippen LogP contribution >= 0.6 is 11.6 Å². The molecule has 1 aromatic heterocycles. The molecule has 1 aliphatic rings. The van der Waals surface area contributed by atoms with E-state index in [2.05, 4.69) is 5.10 Å². The van der Waals surface area contributed by atoms with Crippen LogP contribution in [0.5, 0.6) is 0 Å². The molecular formula is C15H15ClN2O. The first-order chi connectivity index (χ1) is 9.22. The van der Waals surface area contributed by atoms with Crippen LogP contribution in [0.25, 0.3) is 0 Å². The highest BCUT2D eigenvalue weighted by atomic mass is 35.5. The molecule has 4 heteroatoms. The van der Waals surface area contributed by atoms with Crippen molar-refractivity contribution in [1.82, 2.24) is 9.78 Å². The van der Waals surface area contributed by atoms with E-state index in [0.717, 1.165) is 31.2 Å². The molecule has 3 nitrogen and oxygen atoms in total. The fraction of sp³-hybridized carbons (Fsp3) is 0.333. The monoisotopic (exact) mass is 274 g/mol. The Balaban J connectivity index is 2.04. The molecule has 1 aliphatic carbocycles. The van der Waals surface area contributed by atoms with Gasteiger partial charge in [-0.2, -0.15) is 5.10 Å². The first-order valence-electron chi connectivity index (χ1n) is 6.53. The second-order valence-corrected chi connectivity index (χ2v) is 5.49. The summed E-state index contributed by atoms with van der Waals surface area (Å²) < 4.78 is 1.46. The normalized spacial score (nSPS) is 17.5. The summed E-state index contributed by atoms with van der Waals surface area (Å²) in [6, 6.07) is 9.42. The zero-order valence-electron chi connectivity index (χ0n) is 10.6. The Hall–Kier alpha value is -1.61. The zero-order chi connectivity index (χ0) is 13.3. The van der Waals surface area contributed by atoms with Gasteiger partial charge in [0, 0.05) is 17.4 Å². The lowest BCUT2D eigenvalue weighted by atomic mass is 9.78. The Morgan fingerprint density at radius 1 is 1.21 bits per heavy atom. The number of nitrogens with zero attached hydrogens (tertiary/aromatic N) is 2. The van der Waals surface area contributed by atoms with Crippen LogP contribution in [-0.2, 0) is 5.41 Å². The van der Waals surface area contributed by atoms with Gasteiger partial charge in [-0.25, -0.2) is 4.68 Å². The van der Waals surface area contributed by atoms with Crippen molar-refractivity contribution in [2.24, 2.45) is 0 Å². The van der Waals surface area contributed by atoms with Gasteiger partial charge in [-0.05, 0) is 36.6 Å². The standard InChI is InChI=1S/C15H15ClN2O/c16-13-6-4-12(5-7-13)15(8-1-2-9-15)14(19)18-11-3-10-17-18/h3-7,10-11H,1-2,8-9H2. The molecule has 1 fully saturated rings. The Bertz CT molecular complexity index is 569. The predicted octanol–water partition coefficient (Wildman–Crippen LogP) is 3.69. The third kappa shape index (κ3) is 2.08. The van der Waals surface area contributed by atoms with E-state index in [1.807, 2.05) is 24.3 Å². The minimum absolute atomic E-state index is 0.0670. The van der Waals surface area contributed by atoms with Crippen molar-refractivity contribution in [3.63, 3.8) is 0 Å². The zero-order valence-corrected chi connectivity index (χ0v) is 11.3. The molecule has 0 saturated heterocycles. The van der Waals surface area contributed by atoms with Crippen LogP contribution in [-0.4, -0.2) is 15.7 Å². The van der Waals surface area contributed by atoms with E-state index in [4.69, 9.17) is 11.6 Å². The highest BCUT2D eigenvalue weighted by Gasteiger charge is 2.43. The van der Waals surface area contributed by atoms with E-state index in [1.165, 1.54) is 4.68 Å². The summed E-state index contributed by atoms with van der Waals surface area (Å²) in [7, 11) is 0. The number of hydrogen-bond donors (Lipinski definition) is 0. The Labute approximate surface area is 117 Å². The topological polar surface area (TPSA) is 34.9 Å². The summed E-state index contributed by atoms with van der Waals surface area (Å²) in [6.07, 6.45) is 7.28. The first kappa shape index (κ1) is 12.4. The van der Waals surface area contributed by atoms with Gasteiger partial charge in [0.15, 0.2) is 0 Å². The van der Waals surface area contributed by atoms with Crippen molar-refractivity contribution < 1.29 is 4.79 Å². The smallest absolute Gasteiger partial charge is 0.257 e. The van der Waals surface area contributed by atoms with Gasteiger partial charge in [-0.15, -0.1) is 0 Å². The second kappa shape index (κ2) is 4.82. The molecule has 0 amide bonds. The van der Waals surface area contributed by atoms with Crippen LogP contribution < -0.4 is 0 Å². The van der Waals surface area contributed by atoms with E-state index in [1.54, 1.807) is 18.5 Å². The van der Waals surface area contributed by atoms with Crippen LogP contribution in [0.3, 0.4) is 0 Å². The minimum atomic E-state index is -0.434. The number of rotatable bonds is 2. The van der Waals surface area contributed by atoms with Gasteiger partial charge < -0.3 is 0 Å². The highest BCUT2D eigenvalue weighted by Crippen LogP contribution is 2.42. The molecule has 3 rings (SSSR count). The molecule has 0 spiro atoms. The average molecular weight is 275 g/mol. The molecule has 0 unspecified atom stereocenters. The summed E-state index contributed by atoms with van der Waals surface area (Å²) in [5.41, 5.74) is 0.617. The minimum Gasteiger partial charge on any atom is -0.272 e. The maximum atomic E-state index is 12.8. The van der Waals surface area contributed by atoms with Crippen molar-refractivity contribution in [2.75, 3.05) is 0 Å². The lowest BCUT2D eigenvalue weighted by Gasteiger charge is -2.27. The molecule has 0 N–H and O–H groups in total. The Morgan fingerprint density at radius 2 is 1.89 bits per heavy atom. The quantitative estimate of drug-likeness (QED) is 0.837. The molecule has 0 aliphatic heterocycles. The molecule has 0 radical (unpaired) electrons. The number of halogens is 1. The number of aromatic nitrogens is 2. The largest absolute Gasteiger partial charge is 0.272 e. The third-order valence-corrected chi connectivity index (χ3v) is 4.23. The fourth-order valence-electron chi connectivity index (χ4n) is 2.98. The maximum absolute atomic E-state index is 12.8. The van der Waals surface area contributed by atoms with Gasteiger partial charge in [0.1, 0.15) is 0 Å². The molecule has 1 aromatic carbocycles. The van der Waals surface area contributed by atoms with Crippen LogP contribution in [0, 0.1) is 0 Å². The van der Waals surface area contributed by atoms with Gasteiger partial charge in [0.25, 0.3) is 5.91 Å². The van der Waals surface area contributed by atoms with Crippen molar-refractivity contribution >= 4 is 17.5 Å². The molecule has 19 heavy (non-hydrogen) atoms. The number of carbonyl (C=O) groups is 1. The first-order valence-corrected chi connectivity index (χ1v) is 6.91. The SMILES string of the molecule is O=C(n1cccn1)C1(c2ccc(Cl)cc2)CCCC1. The van der Waals surface area contributed by atoms with Gasteiger partial charge in [-0.3, -0.25) is 4.79 Å². The van der Waals surface area contributed by atoms with E-state index >= 15 is 0 Å². The molecule has 0 bridgehead atoms. The maximum Gasteiger partial charge on any atom is 0.257 e. The van der Waals surface area contributed by atoms with E-state index < -0.39 is 5.41 Å². The molecule has 1 heterocycles. The lowest BCUT2D eigenvalue weighted by Crippen LogP contribution is -2.37. The molecule has 98 valence electrons. The van der Waals surface area contributed by atoms with E-state index in [9.17, 15) is 4.79 Å². The summed E-state index contributed by atoms with van der Waals surface area (Å²) in [5, 5.41) is 4.79. The van der Waals surface area contributed by atoms with E-state index in [-0.39, 0.29) is 5.91 Å². The Kier molecular flexibility index (Phi) is 3.15. The highest BCUT2D eigenvalue weighted by molar-refractivity contribution is 6.30. The van der Waals surface area contributed by atoms with Crippen LogP contribution in [0.2, 0.25) is 5.02 Å². The van der Waals surface area contributed by atoms with Crippen LogP contribution in [0.15, 0.2) is 42.7 Å². The number of carbonyl (C=O) groups excluding carboxylic acids is 1. The number of benzene rings is 1. The molecule has 2 aromatic rings. The predicted molar refractivity (Wildman–Crippen MR) is 74.5 cm³/mol. The van der Waals surface area contributed by atoms with Crippen molar-refractivity contribution in [3.05, 3.63) is 53.3 Å². The molecular weight excluding hydrogens is 260 g/mol. The average Bonchev–Trinajstić information content (AvgIpc) is 3.11. The molecule has 1 saturated carbocycles. The summed E-state index contributed by atoms with van der Waals surface area (Å²) in [5.74, 6) is 0.0670. The van der Waals surface area contributed by atoms with Crippen LogP contribution in [0.1, 0.15) is 36.0 Å². The van der Waals surface area contributed by atoms with E-state index in [0.29, 0.717) is 5.02 Å². The summed E-state index contributed by atoms with van der Waals surface area (Å²) >= 11 is 5.94.